The Morgan fingerprint density at radius 1 is 1.16 bits per heavy atom. The molecule has 32 heavy (non-hydrogen) atoms. The van der Waals surface area contributed by atoms with E-state index in [0.717, 1.165) is 39.3 Å². The predicted molar refractivity (Wildman–Crippen MR) is 124 cm³/mol. The van der Waals surface area contributed by atoms with Gasteiger partial charge in [0.05, 0.1) is 23.7 Å². The molecule has 0 bridgehead atoms. The minimum absolute atomic E-state index is 0.0650. The molecule has 1 unspecified atom stereocenters. The number of hydrogen-bond acceptors (Lipinski definition) is 8. The molecule has 5 rings (SSSR count). The van der Waals surface area contributed by atoms with Gasteiger partial charge in [0.1, 0.15) is 11.4 Å². The van der Waals surface area contributed by atoms with E-state index in [9.17, 15) is 9.59 Å². The Kier molecular flexibility index (Phi) is 6.31. The number of Topliss-reactive ketones (excluding diaryl/α,β-unsaturated/α-hetero) is 1. The highest BCUT2D eigenvalue weighted by Gasteiger charge is 2.35. The first-order valence-corrected chi connectivity index (χ1v) is 12.4. The van der Waals surface area contributed by atoms with Gasteiger partial charge < -0.3 is 9.47 Å². The molecule has 2 aliphatic rings. The van der Waals surface area contributed by atoms with Crippen LogP contribution < -0.4 is 9.64 Å². The second kappa shape index (κ2) is 9.50. The Bertz CT molecular complexity index is 1090. The number of benzene rings is 1. The first kappa shape index (κ1) is 21.3. The number of nitrogens with zero attached hydrogens (tertiary/aromatic N) is 3. The number of thiophene rings is 1. The fraction of sp³-hybridized carbons (Fsp3) is 0.348. The number of carbonyl (C=O) groups is 2. The third-order valence-electron chi connectivity index (χ3n) is 5.58. The molecule has 0 aliphatic carbocycles. The molecule has 7 nitrogen and oxygen atoms in total. The zero-order valence-corrected chi connectivity index (χ0v) is 19.1. The van der Waals surface area contributed by atoms with E-state index in [-0.39, 0.29) is 11.7 Å². The molecule has 0 radical (unpaired) electrons. The number of ketones is 1. The van der Waals surface area contributed by atoms with Crippen molar-refractivity contribution in [1.82, 2.24) is 9.88 Å². The molecule has 1 aromatic carbocycles. The van der Waals surface area contributed by atoms with Gasteiger partial charge in [-0.15, -0.1) is 22.7 Å². The average molecular weight is 470 g/mol. The van der Waals surface area contributed by atoms with Gasteiger partial charge in [-0.2, -0.15) is 0 Å². The number of hydrogen-bond donors (Lipinski definition) is 0. The van der Waals surface area contributed by atoms with Gasteiger partial charge in [-0.3, -0.25) is 19.4 Å². The Labute approximate surface area is 194 Å². The van der Waals surface area contributed by atoms with Crippen molar-refractivity contribution in [2.24, 2.45) is 0 Å². The van der Waals surface area contributed by atoms with Crippen molar-refractivity contribution >= 4 is 39.5 Å². The number of morpholine rings is 1. The second-order valence-corrected chi connectivity index (χ2v) is 9.44. The Balaban J connectivity index is 1.33. The van der Waals surface area contributed by atoms with Gasteiger partial charge in [-0.05, 0) is 30.0 Å². The zero-order valence-electron chi connectivity index (χ0n) is 17.4. The van der Waals surface area contributed by atoms with Gasteiger partial charge in [0.25, 0.3) is 5.91 Å². The van der Waals surface area contributed by atoms with Gasteiger partial charge >= 0.3 is 0 Å². The highest BCUT2D eigenvalue weighted by atomic mass is 32.1. The van der Waals surface area contributed by atoms with Crippen molar-refractivity contribution in [2.75, 3.05) is 44.3 Å². The van der Waals surface area contributed by atoms with E-state index in [4.69, 9.17) is 9.47 Å². The van der Waals surface area contributed by atoms with Crippen molar-refractivity contribution < 1.29 is 19.1 Å². The van der Waals surface area contributed by atoms with Crippen LogP contribution in [-0.2, 0) is 4.74 Å². The largest absolute Gasteiger partial charge is 0.475 e. The van der Waals surface area contributed by atoms with Gasteiger partial charge in [0.2, 0.25) is 11.9 Å². The van der Waals surface area contributed by atoms with Gasteiger partial charge in [-0.1, -0.05) is 18.2 Å². The number of fused-ring (bicyclic) bond motifs is 1. The summed E-state index contributed by atoms with van der Waals surface area (Å²) in [5.41, 5.74) is 1.12. The fourth-order valence-corrected chi connectivity index (χ4v) is 5.44. The molecule has 0 N–H and O–H groups in total. The number of ether oxygens (including phenoxy) is 2. The van der Waals surface area contributed by atoms with Gasteiger partial charge in [0, 0.05) is 31.6 Å². The SMILES string of the molecule is O=C1c2ccccc2OC1c1csc(N(CCCN2CCOCC2)C(=O)c2cccs2)n1. The van der Waals surface area contributed by atoms with E-state index in [1.165, 1.54) is 22.7 Å². The number of anilines is 1. The van der Waals surface area contributed by atoms with Crippen LogP contribution in [-0.4, -0.2) is 61.0 Å². The summed E-state index contributed by atoms with van der Waals surface area (Å²) in [5.74, 6) is 0.416. The van der Waals surface area contributed by atoms with E-state index in [2.05, 4.69) is 9.88 Å². The maximum Gasteiger partial charge on any atom is 0.270 e. The lowest BCUT2D eigenvalue weighted by Crippen LogP contribution is -2.39. The van der Waals surface area contributed by atoms with E-state index < -0.39 is 6.10 Å². The lowest BCUT2D eigenvalue weighted by molar-refractivity contribution is 0.0376. The van der Waals surface area contributed by atoms with Gasteiger partial charge in [0.15, 0.2) is 5.13 Å². The maximum atomic E-state index is 13.2. The minimum Gasteiger partial charge on any atom is -0.475 e. The lowest BCUT2D eigenvalue weighted by Gasteiger charge is -2.27. The summed E-state index contributed by atoms with van der Waals surface area (Å²) in [6, 6.07) is 10.9. The van der Waals surface area contributed by atoms with Crippen LogP contribution in [0.2, 0.25) is 0 Å². The monoisotopic (exact) mass is 469 g/mol. The number of amides is 1. The summed E-state index contributed by atoms with van der Waals surface area (Å²) in [4.78, 5) is 35.5. The first-order valence-electron chi connectivity index (χ1n) is 10.6. The van der Waals surface area contributed by atoms with Crippen LogP contribution in [0.25, 0.3) is 0 Å². The summed E-state index contributed by atoms with van der Waals surface area (Å²) in [6.07, 6.45) is 0.0699. The van der Waals surface area contributed by atoms with Crippen LogP contribution in [0, 0.1) is 0 Å². The molecule has 4 heterocycles. The van der Waals surface area contributed by atoms with E-state index in [1.54, 1.807) is 17.0 Å². The third kappa shape index (κ3) is 4.33. The zero-order chi connectivity index (χ0) is 21.9. The second-order valence-electron chi connectivity index (χ2n) is 7.65. The highest BCUT2D eigenvalue weighted by molar-refractivity contribution is 7.14. The number of thiazole rings is 1. The molecule has 1 atom stereocenters. The molecular formula is C23H23N3O4S2. The van der Waals surface area contributed by atoms with Crippen molar-refractivity contribution in [3.63, 3.8) is 0 Å². The Hall–Kier alpha value is -2.59. The molecule has 3 aromatic rings. The Morgan fingerprint density at radius 3 is 2.78 bits per heavy atom. The smallest absolute Gasteiger partial charge is 0.270 e. The van der Waals surface area contributed by atoms with Crippen LogP contribution in [0.15, 0.2) is 47.2 Å². The Morgan fingerprint density at radius 2 is 2.00 bits per heavy atom. The van der Waals surface area contributed by atoms with Crippen molar-refractivity contribution in [3.8, 4) is 5.75 Å². The first-order chi connectivity index (χ1) is 15.7. The van der Waals surface area contributed by atoms with E-state index >= 15 is 0 Å². The van der Waals surface area contributed by atoms with Crippen LogP contribution >= 0.6 is 22.7 Å². The summed E-state index contributed by atoms with van der Waals surface area (Å²) in [6.45, 7) is 4.80. The summed E-state index contributed by atoms with van der Waals surface area (Å²) in [7, 11) is 0. The number of carbonyl (C=O) groups excluding carboxylic acids is 2. The highest BCUT2D eigenvalue weighted by Crippen LogP contribution is 2.38. The molecule has 0 spiro atoms. The molecule has 2 aliphatic heterocycles. The van der Waals surface area contributed by atoms with Gasteiger partial charge in [-0.25, -0.2) is 4.98 Å². The molecule has 1 fully saturated rings. The normalized spacial score (nSPS) is 18.4. The van der Waals surface area contributed by atoms with Crippen molar-refractivity contribution in [1.29, 1.82) is 0 Å². The average Bonchev–Trinajstić information content (AvgIpc) is 3.58. The van der Waals surface area contributed by atoms with E-state index in [1.807, 2.05) is 35.0 Å². The summed E-state index contributed by atoms with van der Waals surface area (Å²) < 4.78 is 11.3. The topological polar surface area (TPSA) is 72.0 Å². The molecule has 0 saturated carbocycles. The van der Waals surface area contributed by atoms with Crippen LogP contribution in [0.5, 0.6) is 5.75 Å². The van der Waals surface area contributed by atoms with Crippen LogP contribution in [0.1, 0.15) is 38.2 Å². The molecule has 1 saturated heterocycles. The quantitative estimate of drug-likeness (QED) is 0.523. The molecule has 1 amide bonds. The minimum atomic E-state index is -0.760. The maximum absolute atomic E-state index is 13.2. The third-order valence-corrected chi connectivity index (χ3v) is 7.32. The molecule has 166 valence electrons. The number of para-hydroxylation sites is 1. The van der Waals surface area contributed by atoms with Crippen LogP contribution in [0.3, 0.4) is 0 Å². The number of aromatic nitrogens is 1. The predicted octanol–water partition coefficient (Wildman–Crippen LogP) is 3.89. The molecule has 2 aromatic heterocycles. The summed E-state index contributed by atoms with van der Waals surface area (Å²) in [5, 5.41) is 4.31. The lowest BCUT2D eigenvalue weighted by atomic mass is 10.1. The van der Waals surface area contributed by atoms with E-state index in [0.29, 0.717) is 33.6 Å². The fourth-order valence-electron chi connectivity index (χ4n) is 3.90. The van der Waals surface area contributed by atoms with Crippen LogP contribution in [0.4, 0.5) is 5.13 Å². The summed E-state index contributed by atoms with van der Waals surface area (Å²) >= 11 is 2.79. The molecular weight excluding hydrogens is 446 g/mol. The van der Waals surface area contributed by atoms with Crippen molar-refractivity contribution in [2.45, 2.75) is 12.5 Å². The molecule has 9 heteroatoms. The standard InChI is InChI=1S/C23H23N3O4S2/c27-20-16-5-1-2-6-18(16)30-21(20)17-15-32-23(24-17)26(22(28)19-7-3-14-31-19)9-4-8-25-10-12-29-13-11-25/h1-3,5-7,14-15,21H,4,8-13H2. The number of rotatable bonds is 7. The van der Waals surface area contributed by atoms with Crippen molar-refractivity contribution in [3.05, 3.63) is 63.3 Å².